The molecule has 5 heteroatoms. The van der Waals surface area contributed by atoms with Crippen LogP contribution < -0.4 is 9.47 Å². The predicted octanol–water partition coefficient (Wildman–Crippen LogP) is 4.81. The molecule has 0 amide bonds. The second-order valence-electron chi connectivity index (χ2n) is 4.63. The third-order valence-corrected chi connectivity index (χ3v) is 3.98. The Balaban J connectivity index is 1.96. The highest BCUT2D eigenvalue weighted by molar-refractivity contribution is 9.10. The van der Waals surface area contributed by atoms with Crippen LogP contribution in [0.3, 0.4) is 0 Å². The Hall–Kier alpha value is -1.33. The first kappa shape index (κ1) is 16.0. The van der Waals surface area contributed by atoms with Crippen molar-refractivity contribution in [2.24, 2.45) is 0 Å². The van der Waals surface area contributed by atoms with Crippen molar-refractivity contribution in [2.45, 2.75) is 13.8 Å². The number of carbonyl (C=O) groups is 1. The van der Waals surface area contributed by atoms with Crippen LogP contribution in [0.5, 0.6) is 11.5 Å². The minimum absolute atomic E-state index is 0.151. The Morgan fingerprint density at radius 2 is 1.48 bits per heavy atom. The molecule has 0 N–H and O–H groups in total. The van der Waals surface area contributed by atoms with E-state index in [1.165, 1.54) is 0 Å². The molecule has 0 heterocycles. The Morgan fingerprint density at radius 1 is 0.952 bits per heavy atom. The fraction of sp³-hybridized carbons (Fsp3) is 0.188. The first-order valence-electron chi connectivity index (χ1n) is 6.31. The van der Waals surface area contributed by atoms with Gasteiger partial charge < -0.3 is 9.47 Å². The lowest BCUT2D eigenvalue weighted by Gasteiger charge is -2.10. The summed E-state index contributed by atoms with van der Waals surface area (Å²) >= 11 is 6.76. The smallest absolute Gasteiger partial charge is 0.349 e. The average Bonchev–Trinajstić information content (AvgIpc) is 2.41. The summed E-state index contributed by atoms with van der Waals surface area (Å²) in [6, 6.07) is 11.2. The number of hydrogen-bond donors (Lipinski definition) is 0. The highest BCUT2D eigenvalue weighted by Gasteiger charge is 2.10. The molecule has 0 aliphatic rings. The molecule has 21 heavy (non-hydrogen) atoms. The fourth-order valence-corrected chi connectivity index (χ4v) is 2.88. The van der Waals surface area contributed by atoms with Crippen molar-refractivity contribution in [3.05, 3.63) is 56.5 Å². The van der Waals surface area contributed by atoms with Gasteiger partial charge in [-0.1, -0.05) is 12.1 Å². The van der Waals surface area contributed by atoms with Gasteiger partial charge in [0.1, 0.15) is 11.5 Å². The molecule has 0 aliphatic carbocycles. The topological polar surface area (TPSA) is 35.5 Å². The maximum atomic E-state index is 11.8. The van der Waals surface area contributed by atoms with Crippen molar-refractivity contribution < 1.29 is 14.3 Å². The number of aryl methyl sites for hydroxylation is 2. The van der Waals surface area contributed by atoms with Crippen molar-refractivity contribution in [3.63, 3.8) is 0 Å². The molecule has 0 aromatic heterocycles. The van der Waals surface area contributed by atoms with Gasteiger partial charge in [-0.2, -0.15) is 0 Å². The van der Waals surface area contributed by atoms with Crippen molar-refractivity contribution >= 4 is 37.8 Å². The van der Waals surface area contributed by atoms with E-state index in [0.717, 1.165) is 20.1 Å². The summed E-state index contributed by atoms with van der Waals surface area (Å²) in [5.41, 5.74) is 2.20. The van der Waals surface area contributed by atoms with Crippen LogP contribution in [-0.2, 0) is 4.79 Å². The predicted molar refractivity (Wildman–Crippen MR) is 88.9 cm³/mol. The Kier molecular flexibility index (Phi) is 5.42. The first-order valence-corrected chi connectivity index (χ1v) is 7.90. The van der Waals surface area contributed by atoms with Gasteiger partial charge in [0.25, 0.3) is 0 Å². The van der Waals surface area contributed by atoms with Gasteiger partial charge in [0.2, 0.25) is 0 Å². The largest absolute Gasteiger partial charge is 0.481 e. The quantitative estimate of drug-likeness (QED) is 0.532. The van der Waals surface area contributed by atoms with Gasteiger partial charge in [-0.05, 0) is 81.1 Å². The molecule has 110 valence electrons. The van der Waals surface area contributed by atoms with Crippen LogP contribution in [0.1, 0.15) is 11.1 Å². The van der Waals surface area contributed by atoms with E-state index in [9.17, 15) is 4.79 Å². The molecule has 2 aromatic rings. The second-order valence-corrected chi connectivity index (χ2v) is 6.34. The van der Waals surface area contributed by atoms with Crippen LogP contribution in [0.25, 0.3) is 0 Å². The van der Waals surface area contributed by atoms with Crippen LogP contribution in [-0.4, -0.2) is 12.6 Å². The van der Waals surface area contributed by atoms with Gasteiger partial charge in [0.15, 0.2) is 6.61 Å². The number of esters is 1. The van der Waals surface area contributed by atoms with Crippen LogP contribution in [0.2, 0.25) is 0 Å². The van der Waals surface area contributed by atoms with E-state index in [0.29, 0.717) is 11.5 Å². The third-order valence-electron chi connectivity index (χ3n) is 2.74. The van der Waals surface area contributed by atoms with E-state index in [4.69, 9.17) is 9.47 Å². The van der Waals surface area contributed by atoms with Crippen LogP contribution in [0.15, 0.2) is 45.3 Å². The van der Waals surface area contributed by atoms with Crippen molar-refractivity contribution in [3.8, 4) is 11.5 Å². The maximum absolute atomic E-state index is 11.8. The van der Waals surface area contributed by atoms with E-state index in [2.05, 4.69) is 31.9 Å². The molecule has 0 aliphatic heterocycles. The minimum atomic E-state index is -0.452. The van der Waals surface area contributed by atoms with Gasteiger partial charge in [-0.25, -0.2) is 4.79 Å². The van der Waals surface area contributed by atoms with E-state index < -0.39 is 5.97 Å². The molecule has 2 aromatic carbocycles. The Morgan fingerprint density at radius 3 is 2.00 bits per heavy atom. The normalized spacial score (nSPS) is 10.3. The summed E-state index contributed by atoms with van der Waals surface area (Å²) < 4.78 is 12.3. The van der Waals surface area contributed by atoms with Gasteiger partial charge in [0, 0.05) is 0 Å². The molecule has 0 fully saturated rings. The number of halogens is 2. The van der Waals surface area contributed by atoms with Crippen LogP contribution in [0, 0.1) is 13.8 Å². The van der Waals surface area contributed by atoms with Crippen molar-refractivity contribution in [1.82, 2.24) is 0 Å². The fourth-order valence-electron chi connectivity index (χ4n) is 1.70. The van der Waals surface area contributed by atoms with E-state index in [1.807, 2.05) is 44.2 Å². The lowest BCUT2D eigenvalue weighted by Crippen LogP contribution is -2.18. The SMILES string of the molecule is Cc1ccc(OCC(=O)Oc2ccc(C)cc2Br)c(Br)c1. The number of carbonyl (C=O) groups excluding carboxylic acids is 1. The maximum Gasteiger partial charge on any atom is 0.349 e. The molecule has 0 bridgehead atoms. The molecular formula is C16H14Br2O3. The molecule has 0 spiro atoms. The molecule has 0 saturated heterocycles. The zero-order valence-corrected chi connectivity index (χ0v) is 14.8. The molecule has 2 rings (SSSR count). The Bertz CT molecular complexity index is 669. The number of hydrogen-bond acceptors (Lipinski definition) is 3. The lowest BCUT2D eigenvalue weighted by atomic mass is 10.2. The molecule has 0 saturated carbocycles. The second kappa shape index (κ2) is 7.09. The first-order chi connectivity index (χ1) is 9.95. The summed E-state index contributed by atoms with van der Waals surface area (Å²) in [6.45, 7) is 3.80. The molecule has 3 nitrogen and oxygen atoms in total. The van der Waals surface area contributed by atoms with E-state index in [-0.39, 0.29) is 6.61 Å². The van der Waals surface area contributed by atoms with Gasteiger partial charge in [0.05, 0.1) is 8.95 Å². The summed E-state index contributed by atoms with van der Waals surface area (Å²) in [4.78, 5) is 11.8. The number of benzene rings is 2. The van der Waals surface area contributed by atoms with Crippen LogP contribution in [0.4, 0.5) is 0 Å². The summed E-state index contributed by atoms with van der Waals surface area (Å²) in [5, 5.41) is 0. The highest BCUT2D eigenvalue weighted by Crippen LogP contribution is 2.27. The van der Waals surface area contributed by atoms with Crippen molar-refractivity contribution in [2.75, 3.05) is 6.61 Å². The van der Waals surface area contributed by atoms with E-state index in [1.54, 1.807) is 6.07 Å². The standard InChI is InChI=1S/C16H14Br2O3/c1-10-3-5-14(12(17)7-10)20-9-16(19)21-15-6-4-11(2)8-13(15)18/h3-8H,9H2,1-2H3. The minimum Gasteiger partial charge on any atom is -0.481 e. The van der Waals surface area contributed by atoms with Crippen LogP contribution >= 0.6 is 31.9 Å². The number of ether oxygens (including phenoxy) is 2. The summed E-state index contributed by atoms with van der Waals surface area (Å²) in [6.07, 6.45) is 0. The van der Waals surface area contributed by atoms with Gasteiger partial charge >= 0.3 is 5.97 Å². The molecular weight excluding hydrogens is 400 g/mol. The molecule has 0 radical (unpaired) electrons. The van der Waals surface area contributed by atoms with Gasteiger partial charge in [-0.15, -0.1) is 0 Å². The van der Waals surface area contributed by atoms with E-state index >= 15 is 0 Å². The average molecular weight is 414 g/mol. The van der Waals surface area contributed by atoms with Gasteiger partial charge in [-0.3, -0.25) is 0 Å². The third kappa shape index (κ3) is 4.58. The van der Waals surface area contributed by atoms with Crippen molar-refractivity contribution in [1.29, 1.82) is 0 Å². The summed E-state index contributed by atoms with van der Waals surface area (Å²) in [5.74, 6) is 0.643. The summed E-state index contributed by atoms with van der Waals surface area (Å²) in [7, 11) is 0. The zero-order valence-electron chi connectivity index (χ0n) is 11.7. The Labute approximate surface area is 140 Å². The molecule has 0 atom stereocenters. The zero-order chi connectivity index (χ0) is 15.4. The highest BCUT2D eigenvalue weighted by atomic mass is 79.9. The molecule has 0 unspecified atom stereocenters. The number of rotatable bonds is 4. The monoisotopic (exact) mass is 412 g/mol. The lowest BCUT2D eigenvalue weighted by molar-refractivity contribution is -0.136.